The molecule has 80 valence electrons. The predicted octanol–water partition coefficient (Wildman–Crippen LogP) is 2.05. The lowest BCUT2D eigenvalue weighted by Gasteiger charge is -2.24. The number of hydrogen-bond acceptors (Lipinski definition) is 3. The fraction of sp³-hybridized carbons (Fsp3) is 0.417. The third kappa shape index (κ3) is 2.18. The molecule has 0 saturated carbocycles. The van der Waals surface area contributed by atoms with E-state index < -0.39 is 6.10 Å². The third-order valence-corrected chi connectivity index (χ3v) is 2.95. The first-order valence-electron chi connectivity index (χ1n) is 5.32. The minimum atomic E-state index is -0.483. The molecule has 1 heterocycles. The van der Waals surface area contributed by atoms with E-state index in [0.29, 0.717) is 5.82 Å². The molecule has 15 heavy (non-hydrogen) atoms. The molecule has 1 aromatic heterocycles. The van der Waals surface area contributed by atoms with E-state index in [0.717, 1.165) is 24.8 Å². The summed E-state index contributed by atoms with van der Waals surface area (Å²) in [5, 5.41) is 10.2. The third-order valence-electron chi connectivity index (χ3n) is 2.95. The number of nitrogens with zero attached hydrogens (tertiary/aromatic N) is 1. The number of rotatable bonds is 2. The van der Waals surface area contributed by atoms with Crippen LogP contribution >= 0.6 is 0 Å². The van der Waals surface area contributed by atoms with Gasteiger partial charge in [-0.15, -0.1) is 0 Å². The summed E-state index contributed by atoms with van der Waals surface area (Å²) in [6.07, 6.45) is 8.44. The Hall–Kier alpha value is -1.35. The maximum atomic E-state index is 10.2. The molecule has 2 unspecified atom stereocenters. The Kier molecular flexibility index (Phi) is 3.02. The minimum absolute atomic E-state index is 0.279. The number of aliphatic hydroxyl groups excluding tert-OH is 1. The van der Waals surface area contributed by atoms with Crippen LogP contribution in [-0.4, -0.2) is 10.1 Å². The molecule has 3 heteroatoms. The molecule has 0 aliphatic heterocycles. The molecule has 0 aromatic carbocycles. The number of hydrogen-bond donors (Lipinski definition) is 2. The molecule has 0 fully saturated rings. The van der Waals surface area contributed by atoms with Gasteiger partial charge in [0.2, 0.25) is 0 Å². The Morgan fingerprint density at radius 1 is 1.47 bits per heavy atom. The van der Waals surface area contributed by atoms with Crippen molar-refractivity contribution in [2.75, 3.05) is 5.73 Å². The van der Waals surface area contributed by atoms with E-state index in [4.69, 9.17) is 5.73 Å². The highest BCUT2D eigenvalue weighted by molar-refractivity contribution is 5.40. The Bertz CT molecular complexity index is 362. The van der Waals surface area contributed by atoms with Crippen LogP contribution in [0, 0.1) is 5.92 Å². The van der Waals surface area contributed by atoms with Crippen LogP contribution in [0.4, 0.5) is 5.82 Å². The Morgan fingerprint density at radius 3 is 3.00 bits per heavy atom. The average Bonchev–Trinajstić information content (AvgIpc) is 2.30. The first kappa shape index (κ1) is 10.2. The van der Waals surface area contributed by atoms with E-state index in [1.54, 1.807) is 6.20 Å². The Morgan fingerprint density at radius 2 is 2.33 bits per heavy atom. The van der Waals surface area contributed by atoms with Crippen LogP contribution in [0.2, 0.25) is 0 Å². The number of aliphatic hydroxyl groups is 1. The van der Waals surface area contributed by atoms with E-state index in [9.17, 15) is 5.11 Å². The molecule has 3 N–H and O–H groups in total. The number of aromatic nitrogens is 1. The van der Waals surface area contributed by atoms with Crippen LogP contribution in [0.3, 0.4) is 0 Å². The van der Waals surface area contributed by atoms with E-state index in [2.05, 4.69) is 17.1 Å². The van der Waals surface area contributed by atoms with Crippen molar-refractivity contribution in [3.63, 3.8) is 0 Å². The quantitative estimate of drug-likeness (QED) is 0.725. The van der Waals surface area contributed by atoms with E-state index in [1.165, 1.54) is 0 Å². The Balaban J connectivity index is 2.16. The highest BCUT2D eigenvalue weighted by atomic mass is 16.3. The van der Waals surface area contributed by atoms with Gasteiger partial charge in [0.05, 0.1) is 6.10 Å². The lowest BCUT2D eigenvalue weighted by molar-refractivity contribution is 0.103. The SMILES string of the molecule is Nc1ncccc1C(O)C1CC=CCC1. The molecule has 0 saturated heterocycles. The van der Waals surface area contributed by atoms with Crippen molar-refractivity contribution in [2.24, 2.45) is 5.92 Å². The molecule has 0 amide bonds. The van der Waals surface area contributed by atoms with Crippen molar-refractivity contribution in [3.05, 3.63) is 36.0 Å². The highest BCUT2D eigenvalue weighted by Gasteiger charge is 2.22. The molecular formula is C12H16N2O. The highest BCUT2D eigenvalue weighted by Crippen LogP contribution is 2.33. The molecule has 2 atom stereocenters. The maximum Gasteiger partial charge on any atom is 0.129 e. The van der Waals surface area contributed by atoms with Crippen molar-refractivity contribution >= 4 is 5.82 Å². The van der Waals surface area contributed by atoms with Gasteiger partial charge >= 0.3 is 0 Å². The molecule has 0 bridgehead atoms. The number of anilines is 1. The van der Waals surface area contributed by atoms with Crippen LogP contribution < -0.4 is 5.73 Å². The molecular weight excluding hydrogens is 188 g/mol. The first-order chi connectivity index (χ1) is 7.29. The summed E-state index contributed by atoms with van der Waals surface area (Å²) < 4.78 is 0. The van der Waals surface area contributed by atoms with Crippen LogP contribution in [0.1, 0.15) is 30.9 Å². The van der Waals surface area contributed by atoms with Crippen LogP contribution in [0.15, 0.2) is 30.5 Å². The van der Waals surface area contributed by atoms with Gasteiger partial charge in [0, 0.05) is 11.8 Å². The topological polar surface area (TPSA) is 59.1 Å². The largest absolute Gasteiger partial charge is 0.388 e. The van der Waals surface area contributed by atoms with Gasteiger partial charge in [0.15, 0.2) is 0 Å². The normalized spacial score (nSPS) is 22.6. The smallest absolute Gasteiger partial charge is 0.129 e. The zero-order valence-electron chi connectivity index (χ0n) is 8.63. The summed E-state index contributed by atoms with van der Waals surface area (Å²) >= 11 is 0. The van der Waals surface area contributed by atoms with Crippen LogP contribution in [0.25, 0.3) is 0 Å². The lowest BCUT2D eigenvalue weighted by Crippen LogP contribution is -2.15. The van der Waals surface area contributed by atoms with Crippen LogP contribution in [-0.2, 0) is 0 Å². The van der Waals surface area contributed by atoms with Gasteiger partial charge in [-0.3, -0.25) is 0 Å². The van der Waals surface area contributed by atoms with E-state index in [1.807, 2.05) is 12.1 Å². The van der Waals surface area contributed by atoms with Crippen molar-refractivity contribution in [2.45, 2.75) is 25.4 Å². The average molecular weight is 204 g/mol. The van der Waals surface area contributed by atoms with Crippen molar-refractivity contribution in [3.8, 4) is 0 Å². The van der Waals surface area contributed by atoms with Gasteiger partial charge in [-0.25, -0.2) is 4.98 Å². The summed E-state index contributed by atoms with van der Waals surface area (Å²) in [7, 11) is 0. The molecule has 2 rings (SSSR count). The number of nitrogens with two attached hydrogens (primary N) is 1. The first-order valence-corrected chi connectivity index (χ1v) is 5.32. The fourth-order valence-corrected chi connectivity index (χ4v) is 2.04. The van der Waals surface area contributed by atoms with Gasteiger partial charge in [-0.1, -0.05) is 18.2 Å². The standard InChI is InChI=1S/C12H16N2O/c13-12-10(7-4-8-14-12)11(15)9-5-2-1-3-6-9/h1-2,4,7-9,11,15H,3,5-6H2,(H2,13,14). The monoisotopic (exact) mass is 204 g/mol. The van der Waals surface area contributed by atoms with Crippen molar-refractivity contribution in [1.29, 1.82) is 0 Å². The predicted molar refractivity (Wildman–Crippen MR) is 60.1 cm³/mol. The molecule has 0 spiro atoms. The second kappa shape index (κ2) is 4.45. The summed E-state index contributed by atoms with van der Waals surface area (Å²) in [6, 6.07) is 3.67. The lowest BCUT2D eigenvalue weighted by atomic mass is 9.86. The van der Waals surface area contributed by atoms with Crippen LogP contribution in [0.5, 0.6) is 0 Å². The zero-order valence-corrected chi connectivity index (χ0v) is 8.63. The number of allylic oxidation sites excluding steroid dienone is 2. The number of nitrogen functional groups attached to an aromatic ring is 1. The second-order valence-corrected chi connectivity index (χ2v) is 3.97. The summed E-state index contributed by atoms with van der Waals surface area (Å²) in [6.45, 7) is 0. The van der Waals surface area contributed by atoms with E-state index >= 15 is 0 Å². The summed E-state index contributed by atoms with van der Waals surface area (Å²) in [5.41, 5.74) is 6.50. The van der Waals surface area contributed by atoms with Gasteiger partial charge in [0.1, 0.15) is 5.82 Å². The van der Waals surface area contributed by atoms with Gasteiger partial charge in [0.25, 0.3) is 0 Å². The summed E-state index contributed by atoms with van der Waals surface area (Å²) in [4.78, 5) is 3.99. The molecule has 1 aliphatic carbocycles. The minimum Gasteiger partial charge on any atom is -0.388 e. The van der Waals surface area contributed by atoms with Gasteiger partial charge in [-0.2, -0.15) is 0 Å². The van der Waals surface area contributed by atoms with E-state index in [-0.39, 0.29) is 5.92 Å². The van der Waals surface area contributed by atoms with Gasteiger partial charge < -0.3 is 10.8 Å². The molecule has 1 aliphatic rings. The van der Waals surface area contributed by atoms with Crippen molar-refractivity contribution in [1.82, 2.24) is 4.98 Å². The second-order valence-electron chi connectivity index (χ2n) is 3.97. The number of pyridine rings is 1. The molecule has 0 radical (unpaired) electrons. The zero-order chi connectivity index (χ0) is 10.7. The fourth-order valence-electron chi connectivity index (χ4n) is 2.04. The van der Waals surface area contributed by atoms with Gasteiger partial charge in [-0.05, 0) is 31.2 Å². The molecule has 3 nitrogen and oxygen atoms in total. The molecule has 1 aromatic rings. The Labute approximate surface area is 89.6 Å². The van der Waals surface area contributed by atoms with Crippen molar-refractivity contribution < 1.29 is 5.11 Å². The maximum absolute atomic E-state index is 10.2. The summed E-state index contributed by atoms with van der Waals surface area (Å²) in [5.74, 6) is 0.723.